The lowest BCUT2D eigenvalue weighted by atomic mass is 10.0. The molecule has 0 aliphatic rings. The molecule has 4 aromatic carbocycles. The minimum atomic E-state index is -4.64. The molecular formula is C31H20Br2F3N3O4. The number of carbonyl (C=O) groups is 2. The first-order valence-electron chi connectivity index (χ1n) is 12.5. The van der Waals surface area contributed by atoms with Crippen molar-refractivity contribution >= 4 is 60.9 Å². The second kappa shape index (κ2) is 12.4. The van der Waals surface area contributed by atoms with Crippen LogP contribution < -0.4 is 14.9 Å². The topological polar surface area (TPSA) is 92.8 Å². The zero-order chi connectivity index (χ0) is 30.7. The van der Waals surface area contributed by atoms with Gasteiger partial charge in [-0.25, -0.2) is 10.2 Å². The number of benzene rings is 4. The second-order valence-electron chi connectivity index (χ2n) is 9.09. The van der Waals surface area contributed by atoms with Crippen LogP contribution in [0.5, 0.6) is 11.5 Å². The van der Waals surface area contributed by atoms with Crippen molar-refractivity contribution in [3.05, 3.63) is 116 Å². The Hall–Kier alpha value is -4.42. The summed E-state index contributed by atoms with van der Waals surface area (Å²) in [5, 5.41) is 4.26. The number of hydrogen-bond acceptors (Lipinski definition) is 5. The molecule has 0 fully saturated rings. The maximum absolute atomic E-state index is 13.8. The SMILES string of the molecule is COc1ccc(C(=O)Oc2c(Br)cc(Br)cc2C=NNC(=O)c2[nH]c3c(C(F)(F)F)cccc3c2-c2ccccc2)cc1. The molecule has 0 aliphatic carbocycles. The Morgan fingerprint density at radius 2 is 1.67 bits per heavy atom. The van der Waals surface area contributed by atoms with Gasteiger partial charge >= 0.3 is 12.1 Å². The van der Waals surface area contributed by atoms with Crippen molar-refractivity contribution in [3.8, 4) is 22.6 Å². The van der Waals surface area contributed by atoms with Crippen molar-refractivity contribution in [2.45, 2.75) is 6.18 Å². The fourth-order valence-corrected chi connectivity index (χ4v) is 5.75. The number of carbonyl (C=O) groups excluding carboxylic acids is 2. The Morgan fingerprint density at radius 3 is 2.35 bits per heavy atom. The molecule has 43 heavy (non-hydrogen) atoms. The standard InChI is InChI=1S/C31H20Br2F3N3O4/c1-42-21-12-10-18(11-13-21)30(41)43-28-19(14-20(32)15-24(28)33)16-37-39-29(40)27-25(17-6-3-2-4-7-17)22-8-5-9-23(26(22)38-27)31(34,35)36/h2-16,38H,1H3,(H,39,40). The van der Waals surface area contributed by atoms with Gasteiger partial charge in [-0.1, -0.05) is 58.4 Å². The molecule has 1 heterocycles. The largest absolute Gasteiger partial charge is 0.497 e. The van der Waals surface area contributed by atoms with Crippen LogP contribution in [0.4, 0.5) is 13.2 Å². The summed E-state index contributed by atoms with van der Waals surface area (Å²) >= 11 is 6.76. The van der Waals surface area contributed by atoms with Crippen LogP contribution in [0.1, 0.15) is 32.0 Å². The molecule has 5 rings (SSSR count). The number of amides is 1. The molecular weight excluding hydrogens is 695 g/mol. The molecule has 0 atom stereocenters. The number of alkyl halides is 3. The smallest absolute Gasteiger partial charge is 0.418 e. The Bertz CT molecular complexity index is 1850. The number of esters is 1. The summed E-state index contributed by atoms with van der Waals surface area (Å²) in [7, 11) is 1.51. The molecule has 0 saturated carbocycles. The second-order valence-corrected chi connectivity index (χ2v) is 10.9. The van der Waals surface area contributed by atoms with Crippen LogP contribution in [0.25, 0.3) is 22.0 Å². The zero-order valence-electron chi connectivity index (χ0n) is 22.1. The van der Waals surface area contributed by atoms with Crippen molar-refractivity contribution < 1.29 is 32.2 Å². The minimum Gasteiger partial charge on any atom is -0.497 e. The van der Waals surface area contributed by atoms with Crippen molar-refractivity contribution in [2.75, 3.05) is 7.11 Å². The first-order chi connectivity index (χ1) is 20.6. The zero-order valence-corrected chi connectivity index (χ0v) is 25.3. The lowest BCUT2D eigenvalue weighted by Gasteiger charge is -2.11. The number of aromatic amines is 1. The average Bonchev–Trinajstić information content (AvgIpc) is 3.38. The quantitative estimate of drug-likeness (QED) is 0.0767. The van der Waals surface area contributed by atoms with Crippen LogP contribution in [0.15, 0.2) is 99.0 Å². The van der Waals surface area contributed by atoms with Gasteiger partial charge in [0.1, 0.15) is 11.4 Å². The Morgan fingerprint density at radius 1 is 0.953 bits per heavy atom. The van der Waals surface area contributed by atoms with E-state index in [0.29, 0.717) is 31.4 Å². The van der Waals surface area contributed by atoms with Crippen LogP contribution >= 0.6 is 31.9 Å². The molecule has 1 aromatic heterocycles. The number of fused-ring (bicyclic) bond motifs is 1. The van der Waals surface area contributed by atoms with Crippen molar-refractivity contribution in [1.29, 1.82) is 0 Å². The molecule has 1 amide bonds. The highest BCUT2D eigenvalue weighted by molar-refractivity contribution is 9.11. The molecule has 0 saturated heterocycles. The first-order valence-corrected chi connectivity index (χ1v) is 14.1. The molecule has 0 aliphatic heterocycles. The molecule has 2 N–H and O–H groups in total. The third-order valence-electron chi connectivity index (χ3n) is 6.36. The van der Waals surface area contributed by atoms with Crippen LogP contribution in [-0.4, -0.2) is 30.2 Å². The summed E-state index contributed by atoms with van der Waals surface area (Å²) in [5.41, 5.74) is 2.60. The number of hydrazone groups is 1. The predicted octanol–water partition coefficient (Wildman–Crippen LogP) is 8.37. The third kappa shape index (κ3) is 6.50. The fourth-order valence-electron chi connectivity index (χ4n) is 4.41. The van der Waals surface area contributed by atoms with Gasteiger partial charge < -0.3 is 14.5 Å². The molecule has 12 heteroatoms. The van der Waals surface area contributed by atoms with E-state index in [2.05, 4.69) is 47.4 Å². The van der Waals surface area contributed by atoms with Crippen LogP contribution in [0.3, 0.4) is 0 Å². The van der Waals surface area contributed by atoms with Gasteiger partial charge in [0.05, 0.1) is 34.4 Å². The van der Waals surface area contributed by atoms with E-state index in [4.69, 9.17) is 9.47 Å². The summed E-state index contributed by atoms with van der Waals surface area (Å²) in [6.45, 7) is 0. The molecule has 7 nitrogen and oxygen atoms in total. The summed E-state index contributed by atoms with van der Waals surface area (Å²) < 4.78 is 53.2. The van der Waals surface area contributed by atoms with E-state index in [-0.39, 0.29) is 27.9 Å². The summed E-state index contributed by atoms with van der Waals surface area (Å²) in [6.07, 6.45) is -3.38. The maximum Gasteiger partial charge on any atom is 0.418 e. The third-order valence-corrected chi connectivity index (χ3v) is 7.40. The number of halogens is 5. The molecule has 0 spiro atoms. The van der Waals surface area contributed by atoms with Crippen molar-refractivity contribution in [2.24, 2.45) is 5.10 Å². The highest BCUT2D eigenvalue weighted by Gasteiger charge is 2.34. The van der Waals surface area contributed by atoms with Gasteiger partial charge in [-0.05, 0) is 64.0 Å². The van der Waals surface area contributed by atoms with E-state index < -0.39 is 23.6 Å². The number of para-hydroxylation sites is 1. The van der Waals surface area contributed by atoms with E-state index in [0.717, 1.165) is 6.07 Å². The van der Waals surface area contributed by atoms with E-state index >= 15 is 0 Å². The van der Waals surface area contributed by atoms with Crippen LogP contribution in [-0.2, 0) is 6.18 Å². The van der Waals surface area contributed by atoms with Crippen LogP contribution in [0.2, 0.25) is 0 Å². The van der Waals surface area contributed by atoms with Crippen LogP contribution in [0, 0.1) is 0 Å². The van der Waals surface area contributed by atoms with Gasteiger partial charge in [0.15, 0.2) is 5.75 Å². The number of aromatic nitrogens is 1. The Kier molecular flexibility index (Phi) is 8.69. The van der Waals surface area contributed by atoms with Gasteiger partial charge in [0.25, 0.3) is 5.91 Å². The minimum absolute atomic E-state index is 0.100. The van der Waals surface area contributed by atoms with Gasteiger partial charge in [0, 0.05) is 21.0 Å². The molecule has 5 aromatic rings. The Balaban J connectivity index is 1.46. The van der Waals surface area contributed by atoms with Crippen molar-refractivity contribution in [1.82, 2.24) is 10.4 Å². The predicted molar refractivity (Wildman–Crippen MR) is 164 cm³/mol. The number of methoxy groups -OCH3 is 1. The lowest BCUT2D eigenvalue weighted by Crippen LogP contribution is -2.19. The number of nitrogens with zero attached hydrogens (tertiary/aromatic N) is 1. The summed E-state index contributed by atoms with van der Waals surface area (Å²) in [4.78, 5) is 28.8. The van der Waals surface area contributed by atoms with E-state index in [1.165, 1.54) is 25.5 Å². The monoisotopic (exact) mass is 713 g/mol. The van der Waals surface area contributed by atoms with Gasteiger partial charge in [0.2, 0.25) is 0 Å². The average molecular weight is 715 g/mol. The van der Waals surface area contributed by atoms with Gasteiger partial charge in [-0.3, -0.25) is 4.79 Å². The number of H-pyrrole nitrogens is 1. The number of hydrogen-bond donors (Lipinski definition) is 2. The number of rotatable bonds is 7. The highest BCUT2D eigenvalue weighted by atomic mass is 79.9. The summed E-state index contributed by atoms with van der Waals surface area (Å²) in [5.74, 6) is -0.710. The molecule has 0 bridgehead atoms. The Labute approximate surface area is 260 Å². The maximum atomic E-state index is 13.8. The van der Waals surface area contributed by atoms with Gasteiger partial charge in [-0.15, -0.1) is 0 Å². The van der Waals surface area contributed by atoms with Gasteiger partial charge in [-0.2, -0.15) is 18.3 Å². The number of ether oxygens (including phenoxy) is 2. The first kappa shape index (κ1) is 30.1. The van der Waals surface area contributed by atoms with E-state index in [9.17, 15) is 22.8 Å². The number of nitrogens with one attached hydrogen (secondary N) is 2. The fraction of sp³-hybridized carbons (Fsp3) is 0.0645. The lowest BCUT2D eigenvalue weighted by molar-refractivity contribution is -0.136. The van der Waals surface area contributed by atoms with Crippen molar-refractivity contribution in [3.63, 3.8) is 0 Å². The molecule has 218 valence electrons. The highest BCUT2D eigenvalue weighted by Crippen LogP contribution is 2.40. The normalized spacial score (nSPS) is 11.6. The molecule has 0 unspecified atom stereocenters. The van der Waals surface area contributed by atoms with E-state index in [1.807, 2.05) is 0 Å². The van der Waals surface area contributed by atoms with E-state index in [1.54, 1.807) is 66.7 Å². The molecule has 0 radical (unpaired) electrons. The summed E-state index contributed by atoms with van der Waals surface area (Å²) in [6, 6.07) is 22.0.